The van der Waals surface area contributed by atoms with Crippen LogP contribution < -0.4 is 20.5 Å². The van der Waals surface area contributed by atoms with Crippen LogP contribution in [0.4, 0.5) is 5.69 Å². The summed E-state index contributed by atoms with van der Waals surface area (Å²) in [5.41, 5.74) is 1.19. The summed E-state index contributed by atoms with van der Waals surface area (Å²) in [7, 11) is 1.54. The molecule has 0 fully saturated rings. The van der Waals surface area contributed by atoms with Gasteiger partial charge in [-0.3, -0.25) is 23.9 Å². The Bertz CT molecular complexity index is 1300. The van der Waals surface area contributed by atoms with Crippen molar-refractivity contribution in [2.24, 2.45) is 0 Å². The molecule has 5 rings (SSSR count). The zero-order valence-corrected chi connectivity index (χ0v) is 18.8. The van der Waals surface area contributed by atoms with E-state index in [9.17, 15) is 14.4 Å². The van der Waals surface area contributed by atoms with Crippen LogP contribution in [0.2, 0.25) is 0 Å². The number of nitrogens with one attached hydrogen (secondary N) is 1. The van der Waals surface area contributed by atoms with E-state index < -0.39 is 6.10 Å². The third-order valence-electron chi connectivity index (χ3n) is 6.16. The number of carbonyl (C=O) groups is 2. The van der Waals surface area contributed by atoms with Gasteiger partial charge in [-0.05, 0) is 37.5 Å². The van der Waals surface area contributed by atoms with Crippen molar-refractivity contribution in [2.75, 3.05) is 18.5 Å². The number of likely N-dealkylation sites (N-methyl/N-ethyl adjacent to an activating group) is 1. The van der Waals surface area contributed by atoms with E-state index in [4.69, 9.17) is 9.72 Å². The molecule has 0 saturated carbocycles. The lowest BCUT2D eigenvalue weighted by molar-refractivity contribution is -0.127. The van der Waals surface area contributed by atoms with Crippen LogP contribution >= 0.6 is 11.3 Å². The molecule has 1 aromatic carbocycles. The molecule has 1 atom stereocenters. The number of thiophene rings is 1. The van der Waals surface area contributed by atoms with Gasteiger partial charge in [-0.2, -0.15) is 0 Å². The maximum Gasteiger partial charge on any atom is 0.268 e. The number of para-hydroxylation sites is 2. The lowest BCUT2D eigenvalue weighted by Crippen LogP contribution is -2.50. The zero-order valence-electron chi connectivity index (χ0n) is 18.0. The summed E-state index contributed by atoms with van der Waals surface area (Å²) in [6.45, 7) is 2.56. The van der Waals surface area contributed by atoms with Crippen molar-refractivity contribution in [3.63, 3.8) is 0 Å². The average Bonchev–Trinajstić information content (AvgIpc) is 2.97. The Morgan fingerprint density at radius 3 is 2.84 bits per heavy atom. The summed E-state index contributed by atoms with van der Waals surface area (Å²) in [6.07, 6.45) is 3.02. The fourth-order valence-electron chi connectivity index (χ4n) is 4.46. The van der Waals surface area contributed by atoms with Crippen molar-refractivity contribution in [3.8, 4) is 5.75 Å². The minimum absolute atomic E-state index is 0.0645. The molecule has 0 spiro atoms. The number of nitrogens with zero attached hydrogens (tertiary/aromatic N) is 3. The predicted octanol–water partition coefficient (Wildman–Crippen LogP) is 2.65. The number of hydrogen-bond donors (Lipinski definition) is 1. The van der Waals surface area contributed by atoms with E-state index in [1.165, 1.54) is 18.4 Å². The third-order valence-corrected chi connectivity index (χ3v) is 7.34. The molecule has 8 nitrogen and oxygen atoms in total. The molecule has 0 radical (unpaired) electrons. The number of carbonyl (C=O) groups excluding carboxylic acids is 2. The van der Waals surface area contributed by atoms with E-state index in [0.29, 0.717) is 38.6 Å². The van der Waals surface area contributed by atoms with Gasteiger partial charge in [0, 0.05) is 20.0 Å². The topological polar surface area (TPSA) is 93.5 Å². The monoisotopic (exact) mass is 452 g/mol. The normalized spacial score (nSPS) is 17.8. The summed E-state index contributed by atoms with van der Waals surface area (Å²) in [5, 5.41) is 3.11. The van der Waals surface area contributed by atoms with Gasteiger partial charge in [0.25, 0.3) is 17.4 Å². The van der Waals surface area contributed by atoms with E-state index in [-0.39, 0.29) is 23.9 Å². The maximum atomic E-state index is 13.7. The highest BCUT2D eigenvalue weighted by molar-refractivity contribution is 7.20. The number of fused-ring (bicyclic) bond motifs is 3. The molecule has 1 N–H and O–H groups in total. The Kier molecular flexibility index (Phi) is 5.21. The van der Waals surface area contributed by atoms with Gasteiger partial charge >= 0.3 is 0 Å². The van der Waals surface area contributed by atoms with Crippen molar-refractivity contribution in [1.29, 1.82) is 0 Å². The summed E-state index contributed by atoms with van der Waals surface area (Å²) in [5.74, 6) is 0.727. The van der Waals surface area contributed by atoms with Gasteiger partial charge in [0.15, 0.2) is 6.10 Å². The number of anilines is 1. The second-order valence-electron chi connectivity index (χ2n) is 8.14. The van der Waals surface area contributed by atoms with E-state index >= 15 is 0 Å². The summed E-state index contributed by atoms with van der Waals surface area (Å²) in [4.78, 5) is 46.7. The first-order chi connectivity index (χ1) is 15.5. The molecule has 0 saturated heterocycles. The highest BCUT2D eigenvalue weighted by atomic mass is 32.1. The second-order valence-corrected chi connectivity index (χ2v) is 9.14. The highest BCUT2D eigenvalue weighted by Crippen LogP contribution is 2.36. The molecule has 0 unspecified atom stereocenters. The van der Waals surface area contributed by atoms with Crippen LogP contribution in [0.15, 0.2) is 29.1 Å². The SMILES string of the molecule is CNC(=O)[C@@H]1CN(C(=O)c2sc3nc4n(c(=O)c3c2C)CCCCC4)c2ccccc2O1. The summed E-state index contributed by atoms with van der Waals surface area (Å²) >= 11 is 1.25. The smallest absolute Gasteiger partial charge is 0.268 e. The molecule has 0 aliphatic carbocycles. The van der Waals surface area contributed by atoms with Gasteiger partial charge in [-0.15, -0.1) is 11.3 Å². The Morgan fingerprint density at radius 1 is 1.22 bits per heavy atom. The number of hydrogen-bond acceptors (Lipinski definition) is 6. The van der Waals surface area contributed by atoms with Crippen LogP contribution in [0.5, 0.6) is 5.75 Å². The molecule has 9 heteroatoms. The number of benzene rings is 1. The van der Waals surface area contributed by atoms with Crippen LogP contribution in [0.3, 0.4) is 0 Å². The standard InChI is InChI=1S/C23H24N4O4S/c1-13-18-21(25-17-10-4-3-7-11-26(17)22(18)29)32-19(13)23(30)27-12-16(20(28)24-2)31-15-9-6-5-8-14(15)27/h5-6,8-9,16H,3-4,7,10-12H2,1-2H3,(H,24,28)/t16-/m0/s1. The summed E-state index contributed by atoms with van der Waals surface area (Å²) < 4.78 is 7.59. The molecule has 4 heterocycles. The Morgan fingerprint density at radius 2 is 2.03 bits per heavy atom. The van der Waals surface area contributed by atoms with Crippen LogP contribution in [-0.2, 0) is 17.8 Å². The molecular formula is C23H24N4O4S. The average molecular weight is 453 g/mol. The lowest BCUT2D eigenvalue weighted by Gasteiger charge is -2.33. The third kappa shape index (κ3) is 3.28. The van der Waals surface area contributed by atoms with Gasteiger partial charge in [0.05, 0.1) is 22.5 Å². The van der Waals surface area contributed by atoms with E-state index in [2.05, 4.69) is 5.32 Å². The van der Waals surface area contributed by atoms with Gasteiger partial charge in [-0.1, -0.05) is 18.6 Å². The first kappa shape index (κ1) is 20.7. The number of rotatable bonds is 2. The fraction of sp³-hybridized carbons (Fsp3) is 0.391. The molecule has 2 aliphatic rings. The summed E-state index contributed by atoms with van der Waals surface area (Å²) in [6, 6.07) is 7.17. The maximum absolute atomic E-state index is 13.7. The number of aromatic nitrogens is 2. The Balaban J connectivity index is 1.60. The van der Waals surface area contributed by atoms with Gasteiger partial charge < -0.3 is 10.1 Å². The second kappa shape index (κ2) is 8.05. The van der Waals surface area contributed by atoms with Gasteiger partial charge in [0.2, 0.25) is 0 Å². The molecule has 2 aliphatic heterocycles. The first-order valence-corrected chi connectivity index (χ1v) is 11.6. The van der Waals surface area contributed by atoms with Crippen molar-refractivity contribution in [3.05, 3.63) is 50.9 Å². The van der Waals surface area contributed by atoms with Crippen molar-refractivity contribution in [1.82, 2.24) is 14.9 Å². The van der Waals surface area contributed by atoms with E-state index in [1.54, 1.807) is 34.6 Å². The molecule has 2 amide bonds. The van der Waals surface area contributed by atoms with Crippen molar-refractivity contribution in [2.45, 2.75) is 45.3 Å². The van der Waals surface area contributed by atoms with E-state index in [1.807, 2.05) is 6.07 Å². The molecule has 166 valence electrons. The predicted molar refractivity (Wildman–Crippen MR) is 123 cm³/mol. The molecular weight excluding hydrogens is 428 g/mol. The molecule has 0 bridgehead atoms. The van der Waals surface area contributed by atoms with Crippen molar-refractivity contribution < 1.29 is 14.3 Å². The largest absolute Gasteiger partial charge is 0.477 e. The van der Waals surface area contributed by atoms with Crippen LogP contribution in [0.25, 0.3) is 10.2 Å². The van der Waals surface area contributed by atoms with Crippen LogP contribution in [0.1, 0.15) is 40.3 Å². The minimum Gasteiger partial charge on any atom is -0.477 e. The zero-order chi connectivity index (χ0) is 22.4. The Hall–Kier alpha value is -3.20. The molecule has 3 aromatic rings. The fourth-order valence-corrected chi connectivity index (χ4v) is 5.60. The Labute approximate surface area is 188 Å². The first-order valence-electron chi connectivity index (χ1n) is 10.8. The number of amides is 2. The number of ether oxygens (including phenoxy) is 1. The van der Waals surface area contributed by atoms with Gasteiger partial charge in [0.1, 0.15) is 16.4 Å². The minimum atomic E-state index is -0.812. The highest BCUT2D eigenvalue weighted by Gasteiger charge is 2.35. The van der Waals surface area contributed by atoms with Gasteiger partial charge in [-0.25, -0.2) is 4.98 Å². The number of aryl methyl sites for hydroxylation is 2. The van der Waals surface area contributed by atoms with E-state index in [0.717, 1.165) is 31.5 Å². The van der Waals surface area contributed by atoms with Crippen molar-refractivity contribution >= 4 is 39.1 Å². The lowest BCUT2D eigenvalue weighted by atomic mass is 10.1. The van der Waals surface area contributed by atoms with Crippen LogP contribution in [-0.4, -0.2) is 41.1 Å². The van der Waals surface area contributed by atoms with Crippen LogP contribution in [0, 0.1) is 6.92 Å². The molecule has 32 heavy (non-hydrogen) atoms. The molecule has 2 aromatic heterocycles. The quantitative estimate of drug-likeness (QED) is 0.645.